The second-order valence-electron chi connectivity index (χ2n) is 3.96. The molecule has 7 heteroatoms. The van der Waals surface area contributed by atoms with E-state index in [4.69, 9.17) is 0 Å². The highest BCUT2D eigenvalue weighted by atomic mass is 32.2. The van der Waals surface area contributed by atoms with Crippen molar-refractivity contribution in [2.75, 3.05) is 18.1 Å². The lowest BCUT2D eigenvalue weighted by atomic mass is 10.3. The molecule has 106 valence electrons. The van der Waals surface area contributed by atoms with Gasteiger partial charge in [0.2, 0.25) is 0 Å². The molecule has 2 N–H and O–H groups in total. The topological polar surface area (TPSA) is 54.0 Å². The van der Waals surface area contributed by atoms with E-state index in [1.165, 1.54) is 29.2 Å². The average Bonchev–Trinajstić information content (AvgIpc) is 2.92. The molecule has 1 aromatic heterocycles. The number of benzene rings is 1. The molecule has 0 fully saturated rings. The normalized spacial score (nSPS) is 10.3. The van der Waals surface area contributed by atoms with Gasteiger partial charge in [0.1, 0.15) is 5.82 Å². The molecule has 0 saturated carbocycles. The number of aromatic nitrogens is 1. The van der Waals surface area contributed by atoms with Crippen molar-refractivity contribution in [3.05, 3.63) is 40.6 Å². The lowest BCUT2D eigenvalue weighted by Crippen LogP contribution is -2.30. The molecule has 0 bridgehead atoms. The summed E-state index contributed by atoms with van der Waals surface area (Å²) in [5.41, 5.74) is 3.14. The first-order chi connectivity index (χ1) is 9.69. The number of carbonyl (C=O) groups is 1. The molecule has 0 spiro atoms. The molecule has 2 aromatic rings. The molecule has 0 aliphatic heterocycles. The first-order valence-electron chi connectivity index (χ1n) is 5.94. The number of anilines is 1. The lowest BCUT2D eigenvalue weighted by Gasteiger charge is -2.08. The fourth-order valence-corrected chi connectivity index (χ4v) is 2.64. The molecular weight excluding hydrogens is 297 g/mol. The Morgan fingerprint density at radius 3 is 3.00 bits per heavy atom. The second kappa shape index (κ2) is 7.25. The molecule has 0 saturated heterocycles. The molecule has 0 atom stereocenters. The summed E-state index contributed by atoms with van der Waals surface area (Å²) in [4.78, 5) is 16.3. The summed E-state index contributed by atoms with van der Waals surface area (Å²) in [6, 6.07) is 4.28. The summed E-state index contributed by atoms with van der Waals surface area (Å²) in [5.74, 6) is -0.335. The predicted octanol–water partition coefficient (Wildman–Crippen LogP) is 3.37. The fourth-order valence-electron chi connectivity index (χ4n) is 1.58. The molecule has 2 rings (SSSR count). The Bertz CT molecular complexity index is 575. The molecule has 0 aliphatic carbocycles. The van der Waals surface area contributed by atoms with Gasteiger partial charge in [0.05, 0.1) is 11.2 Å². The van der Waals surface area contributed by atoms with Gasteiger partial charge in [0.15, 0.2) is 0 Å². The van der Waals surface area contributed by atoms with E-state index in [9.17, 15) is 9.18 Å². The molecular formula is C13H14FN3OS2. The SMILES string of the molecule is CSc1ccc(NC(=O)NCCc2cscn2)cc1F. The third kappa shape index (κ3) is 4.21. The van der Waals surface area contributed by atoms with Gasteiger partial charge in [-0.2, -0.15) is 0 Å². The van der Waals surface area contributed by atoms with Gasteiger partial charge < -0.3 is 10.6 Å². The molecule has 0 aliphatic rings. The van der Waals surface area contributed by atoms with Crippen LogP contribution in [0.25, 0.3) is 0 Å². The number of nitrogens with zero attached hydrogens (tertiary/aromatic N) is 1. The number of halogens is 1. The summed E-state index contributed by atoms with van der Waals surface area (Å²) in [6.45, 7) is 0.487. The van der Waals surface area contributed by atoms with Crippen LogP contribution >= 0.6 is 23.1 Å². The van der Waals surface area contributed by atoms with Crippen LogP contribution in [0, 0.1) is 5.82 Å². The Labute approximate surface area is 124 Å². The van der Waals surface area contributed by atoms with Gasteiger partial charge in [0, 0.05) is 28.9 Å². The van der Waals surface area contributed by atoms with E-state index in [0.29, 0.717) is 23.5 Å². The monoisotopic (exact) mass is 311 g/mol. The van der Waals surface area contributed by atoms with Crippen molar-refractivity contribution in [1.82, 2.24) is 10.3 Å². The second-order valence-corrected chi connectivity index (χ2v) is 5.53. The Kier molecular flexibility index (Phi) is 5.37. The van der Waals surface area contributed by atoms with E-state index in [-0.39, 0.29) is 11.8 Å². The smallest absolute Gasteiger partial charge is 0.319 e. The van der Waals surface area contributed by atoms with Gasteiger partial charge in [-0.05, 0) is 24.5 Å². The highest BCUT2D eigenvalue weighted by Gasteiger charge is 2.05. The molecule has 4 nitrogen and oxygen atoms in total. The van der Waals surface area contributed by atoms with Crippen LogP contribution in [0.1, 0.15) is 5.69 Å². The van der Waals surface area contributed by atoms with Gasteiger partial charge >= 0.3 is 6.03 Å². The maximum atomic E-state index is 13.5. The van der Waals surface area contributed by atoms with E-state index >= 15 is 0 Å². The minimum atomic E-state index is -0.350. The molecule has 1 aromatic carbocycles. The lowest BCUT2D eigenvalue weighted by molar-refractivity contribution is 0.252. The van der Waals surface area contributed by atoms with Crippen LogP contribution in [0.15, 0.2) is 34.0 Å². The Morgan fingerprint density at radius 1 is 1.50 bits per heavy atom. The van der Waals surface area contributed by atoms with E-state index in [2.05, 4.69) is 15.6 Å². The van der Waals surface area contributed by atoms with E-state index in [0.717, 1.165) is 5.69 Å². The number of hydrogen-bond donors (Lipinski definition) is 2. The van der Waals surface area contributed by atoms with Gasteiger partial charge in [-0.1, -0.05) is 0 Å². The van der Waals surface area contributed by atoms with E-state index in [1.54, 1.807) is 23.9 Å². The summed E-state index contributed by atoms with van der Waals surface area (Å²) in [6.07, 6.45) is 2.48. The predicted molar refractivity (Wildman–Crippen MR) is 81.0 cm³/mol. The average molecular weight is 311 g/mol. The zero-order chi connectivity index (χ0) is 14.4. The first-order valence-corrected chi connectivity index (χ1v) is 8.11. The quantitative estimate of drug-likeness (QED) is 0.832. The van der Waals surface area contributed by atoms with Crippen molar-refractivity contribution in [3.8, 4) is 0 Å². The maximum Gasteiger partial charge on any atom is 0.319 e. The van der Waals surface area contributed by atoms with Crippen LogP contribution < -0.4 is 10.6 Å². The Hall–Kier alpha value is -1.60. The summed E-state index contributed by atoms with van der Waals surface area (Å²) in [5, 5.41) is 7.24. The summed E-state index contributed by atoms with van der Waals surface area (Å²) < 4.78 is 13.5. The van der Waals surface area contributed by atoms with Crippen molar-refractivity contribution < 1.29 is 9.18 Å². The van der Waals surface area contributed by atoms with Crippen LogP contribution in [-0.2, 0) is 6.42 Å². The molecule has 1 heterocycles. The number of hydrogen-bond acceptors (Lipinski definition) is 4. The Morgan fingerprint density at radius 2 is 2.35 bits per heavy atom. The van der Waals surface area contributed by atoms with Gasteiger partial charge in [0.25, 0.3) is 0 Å². The van der Waals surface area contributed by atoms with Crippen LogP contribution in [-0.4, -0.2) is 23.8 Å². The zero-order valence-electron chi connectivity index (χ0n) is 10.9. The molecule has 2 amide bonds. The van der Waals surface area contributed by atoms with Gasteiger partial charge in [-0.3, -0.25) is 0 Å². The van der Waals surface area contributed by atoms with E-state index < -0.39 is 0 Å². The molecule has 0 radical (unpaired) electrons. The minimum absolute atomic E-state index is 0.335. The third-order valence-corrected chi connectivity index (χ3v) is 3.97. The number of carbonyl (C=O) groups excluding carboxylic acids is 1. The number of amides is 2. The standard InChI is InChI=1S/C13H14FN3OS2/c1-19-12-3-2-9(6-11(12)14)17-13(18)15-5-4-10-7-20-8-16-10/h2-3,6-8H,4-5H2,1H3,(H2,15,17,18). The van der Waals surface area contributed by atoms with Crippen molar-refractivity contribution in [2.45, 2.75) is 11.3 Å². The van der Waals surface area contributed by atoms with Crippen molar-refractivity contribution >= 4 is 34.8 Å². The molecule has 20 heavy (non-hydrogen) atoms. The summed E-state index contributed by atoms with van der Waals surface area (Å²) in [7, 11) is 0. The molecule has 0 unspecified atom stereocenters. The van der Waals surface area contributed by atoms with Crippen LogP contribution in [0.4, 0.5) is 14.9 Å². The largest absolute Gasteiger partial charge is 0.337 e. The minimum Gasteiger partial charge on any atom is -0.337 e. The number of nitrogens with one attached hydrogen (secondary N) is 2. The van der Waals surface area contributed by atoms with Crippen LogP contribution in [0.2, 0.25) is 0 Å². The number of thioether (sulfide) groups is 1. The van der Waals surface area contributed by atoms with Crippen LogP contribution in [0.3, 0.4) is 0 Å². The maximum absolute atomic E-state index is 13.5. The third-order valence-electron chi connectivity index (χ3n) is 2.56. The Balaban J connectivity index is 1.80. The van der Waals surface area contributed by atoms with Gasteiger partial charge in [-0.25, -0.2) is 14.2 Å². The van der Waals surface area contributed by atoms with Crippen molar-refractivity contribution in [2.24, 2.45) is 0 Å². The van der Waals surface area contributed by atoms with Crippen molar-refractivity contribution in [1.29, 1.82) is 0 Å². The summed E-state index contributed by atoms with van der Waals surface area (Å²) >= 11 is 2.85. The fraction of sp³-hybridized carbons (Fsp3) is 0.231. The van der Waals surface area contributed by atoms with Crippen molar-refractivity contribution in [3.63, 3.8) is 0 Å². The highest BCUT2D eigenvalue weighted by molar-refractivity contribution is 7.98. The first kappa shape index (κ1) is 14.8. The highest BCUT2D eigenvalue weighted by Crippen LogP contribution is 2.22. The number of thiazole rings is 1. The van der Waals surface area contributed by atoms with Gasteiger partial charge in [-0.15, -0.1) is 23.1 Å². The number of rotatable bonds is 5. The number of urea groups is 1. The van der Waals surface area contributed by atoms with E-state index in [1.807, 2.05) is 5.38 Å². The van der Waals surface area contributed by atoms with Crippen LogP contribution in [0.5, 0.6) is 0 Å². The zero-order valence-corrected chi connectivity index (χ0v) is 12.5.